The average molecular weight is 340 g/mol. The lowest BCUT2D eigenvalue weighted by molar-refractivity contribution is 0.0204. The molecule has 1 aromatic heterocycles. The van der Waals surface area contributed by atoms with Crippen molar-refractivity contribution in [1.82, 2.24) is 9.47 Å². The van der Waals surface area contributed by atoms with Gasteiger partial charge in [-0.05, 0) is 38.8 Å². The van der Waals surface area contributed by atoms with E-state index in [0.717, 1.165) is 12.3 Å². The molecular formula is C17H19F3N2O2. The van der Waals surface area contributed by atoms with E-state index in [1.54, 1.807) is 27.8 Å². The van der Waals surface area contributed by atoms with Crippen molar-refractivity contribution in [3.63, 3.8) is 0 Å². The molecule has 0 aliphatic carbocycles. The first kappa shape index (κ1) is 16.7. The van der Waals surface area contributed by atoms with E-state index in [1.165, 1.54) is 9.47 Å². The van der Waals surface area contributed by atoms with Crippen LogP contribution < -0.4 is 0 Å². The summed E-state index contributed by atoms with van der Waals surface area (Å²) in [5.41, 5.74) is 0.180. The zero-order valence-electron chi connectivity index (χ0n) is 14.0. The van der Waals surface area contributed by atoms with Gasteiger partial charge in [0.15, 0.2) is 17.5 Å². The fourth-order valence-electron chi connectivity index (χ4n) is 3.07. The highest BCUT2D eigenvalue weighted by molar-refractivity contribution is 5.85. The number of aromatic nitrogens is 1. The van der Waals surface area contributed by atoms with E-state index in [-0.39, 0.29) is 18.0 Å². The van der Waals surface area contributed by atoms with Crippen LogP contribution in [-0.4, -0.2) is 34.3 Å². The quantitative estimate of drug-likeness (QED) is 0.790. The highest BCUT2D eigenvalue weighted by Crippen LogP contribution is 2.33. The SMILES string of the molecule is CN(C(=O)OC(C)(C)C)C1Cc2cc(F)c(F)c3c(F)cn(c23)C1. The van der Waals surface area contributed by atoms with E-state index in [9.17, 15) is 18.0 Å². The second-order valence-electron chi connectivity index (χ2n) is 7.13. The summed E-state index contributed by atoms with van der Waals surface area (Å²) < 4.78 is 48.5. The number of amides is 1. The van der Waals surface area contributed by atoms with Crippen LogP contribution in [0.5, 0.6) is 0 Å². The first-order valence-corrected chi connectivity index (χ1v) is 7.69. The van der Waals surface area contributed by atoms with Crippen molar-refractivity contribution in [1.29, 1.82) is 0 Å². The van der Waals surface area contributed by atoms with Crippen LogP contribution in [-0.2, 0) is 17.7 Å². The van der Waals surface area contributed by atoms with E-state index in [4.69, 9.17) is 4.74 Å². The van der Waals surface area contributed by atoms with Gasteiger partial charge in [0.25, 0.3) is 0 Å². The molecular weight excluding hydrogens is 321 g/mol. The van der Waals surface area contributed by atoms with Crippen molar-refractivity contribution in [3.8, 4) is 0 Å². The van der Waals surface area contributed by atoms with Gasteiger partial charge in [-0.15, -0.1) is 0 Å². The molecule has 130 valence electrons. The molecule has 1 aromatic carbocycles. The van der Waals surface area contributed by atoms with Crippen molar-refractivity contribution in [2.75, 3.05) is 7.05 Å². The van der Waals surface area contributed by atoms with Gasteiger partial charge in [0.1, 0.15) is 5.60 Å². The first-order chi connectivity index (χ1) is 11.1. The molecule has 0 spiro atoms. The number of likely N-dealkylation sites (N-methyl/N-ethyl adjacent to an activating group) is 1. The number of hydrogen-bond donors (Lipinski definition) is 0. The van der Waals surface area contributed by atoms with Crippen LogP contribution in [0.1, 0.15) is 26.3 Å². The van der Waals surface area contributed by atoms with Crippen LogP contribution in [0.4, 0.5) is 18.0 Å². The van der Waals surface area contributed by atoms with Gasteiger partial charge in [-0.3, -0.25) is 0 Å². The molecule has 0 fully saturated rings. The Labute approximate surface area is 137 Å². The third-order valence-corrected chi connectivity index (χ3v) is 4.16. The van der Waals surface area contributed by atoms with E-state index in [0.29, 0.717) is 17.5 Å². The molecule has 3 rings (SSSR count). The summed E-state index contributed by atoms with van der Waals surface area (Å²) in [5, 5.41) is -0.330. The summed E-state index contributed by atoms with van der Waals surface area (Å²) in [6, 6.07) is 0.732. The molecule has 0 bridgehead atoms. The number of carbonyl (C=O) groups is 1. The molecule has 1 amide bonds. The Morgan fingerprint density at radius 3 is 2.58 bits per heavy atom. The Hall–Kier alpha value is -2.18. The van der Waals surface area contributed by atoms with Gasteiger partial charge in [0.05, 0.1) is 16.9 Å². The van der Waals surface area contributed by atoms with Gasteiger partial charge in [0.2, 0.25) is 0 Å². The van der Waals surface area contributed by atoms with Crippen LogP contribution in [0, 0.1) is 17.5 Å². The number of carbonyl (C=O) groups excluding carboxylic acids is 1. The van der Waals surface area contributed by atoms with Crippen molar-refractivity contribution in [2.45, 2.75) is 45.4 Å². The molecule has 2 heterocycles. The third kappa shape index (κ3) is 2.72. The smallest absolute Gasteiger partial charge is 0.410 e. The van der Waals surface area contributed by atoms with Crippen molar-refractivity contribution in [2.24, 2.45) is 0 Å². The van der Waals surface area contributed by atoms with Crippen molar-refractivity contribution < 1.29 is 22.7 Å². The van der Waals surface area contributed by atoms with Gasteiger partial charge in [-0.25, -0.2) is 18.0 Å². The fourth-order valence-corrected chi connectivity index (χ4v) is 3.07. The summed E-state index contributed by atoms with van der Waals surface area (Å²) >= 11 is 0. The lowest BCUT2D eigenvalue weighted by atomic mass is 9.98. The monoisotopic (exact) mass is 340 g/mol. The number of rotatable bonds is 1. The van der Waals surface area contributed by atoms with Crippen LogP contribution in [0.15, 0.2) is 12.3 Å². The Morgan fingerprint density at radius 2 is 1.96 bits per heavy atom. The highest BCUT2D eigenvalue weighted by atomic mass is 19.2. The number of benzene rings is 1. The van der Waals surface area contributed by atoms with Gasteiger partial charge in [-0.2, -0.15) is 0 Å². The summed E-state index contributed by atoms with van der Waals surface area (Å²) in [6.45, 7) is 5.57. The maximum Gasteiger partial charge on any atom is 0.410 e. The van der Waals surface area contributed by atoms with Crippen LogP contribution in [0.2, 0.25) is 0 Å². The predicted octanol–water partition coefficient (Wildman–Crippen LogP) is 3.85. The molecule has 0 saturated heterocycles. The fraction of sp³-hybridized carbons (Fsp3) is 0.471. The van der Waals surface area contributed by atoms with Crippen LogP contribution in [0.25, 0.3) is 10.9 Å². The summed E-state index contributed by atoms with van der Waals surface area (Å²) in [4.78, 5) is 13.6. The number of halogens is 3. The molecule has 0 N–H and O–H groups in total. The Kier molecular flexibility index (Phi) is 3.77. The predicted molar refractivity (Wildman–Crippen MR) is 83.3 cm³/mol. The van der Waals surface area contributed by atoms with E-state index >= 15 is 0 Å². The Morgan fingerprint density at radius 1 is 1.29 bits per heavy atom. The second-order valence-corrected chi connectivity index (χ2v) is 7.13. The van der Waals surface area contributed by atoms with Crippen LogP contribution >= 0.6 is 0 Å². The number of ether oxygens (including phenoxy) is 1. The molecule has 1 aliphatic rings. The largest absolute Gasteiger partial charge is 0.444 e. The molecule has 1 atom stereocenters. The molecule has 2 aromatic rings. The van der Waals surface area contributed by atoms with Gasteiger partial charge >= 0.3 is 6.09 Å². The molecule has 1 unspecified atom stereocenters. The summed E-state index contributed by atoms with van der Waals surface area (Å²) in [5.74, 6) is -3.07. The van der Waals surface area contributed by atoms with E-state index in [2.05, 4.69) is 0 Å². The summed E-state index contributed by atoms with van der Waals surface area (Å²) in [7, 11) is 1.58. The van der Waals surface area contributed by atoms with E-state index in [1.807, 2.05) is 0 Å². The maximum absolute atomic E-state index is 14.0. The number of nitrogens with zero attached hydrogens (tertiary/aromatic N) is 2. The Bertz CT molecular complexity index is 824. The molecule has 0 saturated carbocycles. The van der Waals surface area contributed by atoms with Crippen molar-refractivity contribution >= 4 is 17.0 Å². The molecule has 24 heavy (non-hydrogen) atoms. The number of hydrogen-bond acceptors (Lipinski definition) is 2. The first-order valence-electron chi connectivity index (χ1n) is 7.69. The average Bonchev–Trinajstić information content (AvgIpc) is 2.79. The topological polar surface area (TPSA) is 34.5 Å². The van der Waals surface area contributed by atoms with E-state index < -0.39 is 29.1 Å². The summed E-state index contributed by atoms with van der Waals surface area (Å²) in [6.07, 6.45) is 0.931. The zero-order valence-corrected chi connectivity index (χ0v) is 14.0. The molecule has 7 heteroatoms. The van der Waals surface area contributed by atoms with Crippen LogP contribution in [0.3, 0.4) is 0 Å². The Balaban J connectivity index is 1.95. The van der Waals surface area contributed by atoms with Crippen molar-refractivity contribution in [3.05, 3.63) is 35.3 Å². The van der Waals surface area contributed by atoms with Gasteiger partial charge < -0.3 is 14.2 Å². The highest BCUT2D eigenvalue weighted by Gasteiger charge is 2.32. The molecule has 4 nitrogen and oxygen atoms in total. The maximum atomic E-state index is 14.0. The second kappa shape index (κ2) is 5.43. The lowest BCUT2D eigenvalue weighted by Gasteiger charge is -2.33. The standard InChI is InChI=1S/C17H19F3N2O2/c1-17(2,3)24-16(23)21(4)10-5-9-6-11(18)14(20)13-12(19)8-22(7-10)15(9)13/h6,8,10H,5,7H2,1-4H3. The molecule has 1 aliphatic heterocycles. The minimum Gasteiger partial charge on any atom is -0.444 e. The minimum absolute atomic E-state index is 0.286. The zero-order chi connectivity index (χ0) is 17.8. The molecule has 0 radical (unpaired) electrons. The minimum atomic E-state index is -1.18. The van der Waals surface area contributed by atoms with Gasteiger partial charge in [-0.1, -0.05) is 0 Å². The third-order valence-electron chi connectivity index (χ3n) is 4.16. The lowest BCUT2D eigenvalue weighted by Crippen LogP contribution is -2.45. The van der Waals surface area contributed by atoms with Gasteiger partial charge in [0, 0.05) is 19.8 Å². The normalized spacial score (nSPS) is 17.2.